The Bertz CT molecular complexity index is 1210. The molecule has 6 nitrogen and oxygen atoms in total. The number of hydrogen-bond donors (Lipinski definition) is 1. The standard InChI is InChI=1S/C20H14F2N4O2S/c1-10-17(25-19(29-10)18-23-6-8-28-18)26-7-5-14-11(20(26)27)9-15(24-14)16-12(21)3-2-4-13(16)22/h2-4,6,8-9,24H,5,7H2,1H3. The molecule has 1 aliphatic rings. The normalized spacial score (nSPS) is 13.8. The molecule has 1 N–H and O–H groups in total. The van der Waals surface area contributed by atoms with Gasteiger partial charge in [-0.3, -0.25) is 9.69 Å². The minimum absolute atomic E-state index is 0.169. The van der Waals surface area contributed by atoms with Crippen LogP contribution >= 0.6 is 11.3 Å². The highest BCUT2D eigenvalue weighted by molar-refractivity contribution is 7.15. The van der Waals surface area contributed by atoms with Crippen LogP contribution in [0, 0.1) is 18.6 Å². The van der Waals surface area contributed by atoms with Crippen LogP contribution in [0.3, 0.4) is 0 Å². The number of carbonyl (C=O) groups is 1. The highest BCUT2D eigenvalue weighted by Crippen LogP contribution is 2.35. The predicted molar refractivity (Wildman–Crippen MR) is 104 cm³/mol. The molecule has 9 heteroatoms. The number of aryl methyl sites for hydroxylation is 1. The molecule has 5 rings (SSSR count). The van der Waals surface area contributed by atoms with Crippen LogP contribution < -0.4 is 4.90 Å². The van der Waals surface area contributed by atoms with Crippen molar-refractivity contribution in [3.8, 4) is 22.2 Å². The molecular formula is C20H14F2N4O2S. The maximum atomic E-state index is 14.2. The Labute approximate surface area is 167 Å². The fraction of sp³-hybridized carbons (Fsp3) is 0.150. The molecule has 4 aromatic rings. The number of aromatic amines is 1. The number of amides is 1. The van der Waals surface area contributed by atoms with Gasteiger partial charge < -0.3 is 9.40 Å². The van der Waals surface area contributed by atoms with Crippen LogP contribution in [0.15, 0.2) is 41.1 Å². The van der Waals surface area contributed by atoms with E-state index in [4.69, 9.17) is 4.42 Å². The summed E-state index contributed by atoms with van der Waals surface area (Å²) in [4.78, 5) is 27.2. The molecule has 29 heavy (non-hydrogen) atoms. The van der Waals surface area contributed by atoms with Crippen molar-refractivity contribution in [3.05, 3.63) is 64.5 Å². The minimum Gasteiger partial charge on any atom is -0.443 e. The van der Waals surface area contributed by atoms with Crippen LogP contribution in [0.25, 0.3) is 22.2 Å². The van der Waals surface area contributed by atoms with Gasteiger partial charge in [0, 0.05) is 23.5 Å². The van der Waals surface area contributed by atoms with Crippen LogP contribution in [0.4, 0.5) is 14.6 Å². The minimum atomic E-state index is -0.682. The maximum absolute atomic E-state index is 14.2. The Morgan fingerprint density at radius 3 is 2.79 bits per heavy atom. The first-order valence-electron chi connectivity index (χ1n) is 8.88. The second kappa shape index (κ2) is 6.63. The van der Waals surface area contributed by atoms with E-state index in [1.807, 2.05) is 6.92 Å². The van der Waals surface area contributed by atoms with Crippen molar-refractivity contribution in [2.75, 3.05) is 11.4 Å². The molecule has 0 atom stereocenters. The van der Waals surface area contributed by atoms with Gasteiger partial charge in [0.25, 0.3) is 11.8 Å². The van der Waals surface area contributed by atoms with Crippen molar-refractivity contribution in [2.45, 2.75) is 13.3 Å². The van der Waals surface area contributed by atoms with Crippen molar-refractivity contribution >= 4 is 23.1 Å². The lowest BCUT2D eigenvalue weighted by Crippen LogP contribution is -2.37. The number of aromatic nitrogens is 3. The maximum Gasteiger partial charge on any atom is 0.261 e. The third-order valence-corrected chi connectivity index (χ3v) is 5.78. The van der Waals surface area contributed by atoms with Crippen LogP contribution in [0.2, 0.25) is 0 Å². The zero-order valence-electron chi connectivity index (χ0n) is 15.2. The Balaban J connectivity index is 1.52. The molecule has 1 amide bonds. The number of rotatable bonds is 3. The predicted octanol–water partition coefficient (Wildman–Crippen LogP) is 4.58. The van der Waals surface area contributed by atoms with Gasteiger partial charge >= 0.3 is 0 Å². The van der Waals surface area contributed by atoms with Gasteiger partial charge in [0.1, 0.15) is 23.7 Å². The lowest BCUT2D eigenvalue weighted by molar-refractivity contribution is 0.0980. The Hall–Kier alpha value is -3.33. The summed E-state index contributed by atoms with van der Waals surface area (Å²) in [6.45, 7) is 2.28. The first kappa shape index (κ1) is 17.7. The molecule has 0 saturated carbocycles. The van der Waals surface area contributed by atoms with E-state index in [2.05, 4.69) is 15.0 Å². The van der Waals surface area contributed by atoms with Crippen molar-refractivity contribution in [3.63, 3.8) is 0 Å². The fourth-order valence-corrected chi connectivity index (χ4v) is 4.36. The van der Waals surface area contributed by atoms with Gasteiger partial charge in [-0.05, 0) is 25.1 Å². The van der Waals surface area contributed by atoms with Crippen molar-refractivity contribution in [2.24, 2.45) is 0 Å². The average Bonchev–Trinajstić information content (AvgIpc) is 3.42. The molecule has 0 fully saturated rings. The summed E-state index contributed by atoms with van der Waals surface area (Å²) < 4.78 is 33.6. The molecule has 0 spiro atoms. The quantitative estimate of drug-likeness (QED) is 0.534. The number of carbonyl (C=O) groups excluding carboxylic acids is 1. The first-order chi connectivity index (χ1) is 14.0. The molecule has 0 saturated heterocycles. The number of thiazole rings is 1. The Morgan fingerprint density at radius 2 is 2.07 bits per heavy atom. The van der Waals surface area contributed by atoms with E-state index >= 15 is 0 Å². The van der Waals surface area contributed by atoms with Crippen molar-refractivity contribution in [1.29, 1.82) is 0 Å². The molecule has 4 heterocycles. The van der Waals surface area contributed by atoms with Gasteiger partial charge in [0.05, 0.1) is 23.0 Å². The number of nitrogens with zero attached hydrogens (tertiary/aromatic N) is 3. The van der Waals surface area contributed by atoms with Gasteiger partial charge in [-0.2, -0.15) is 0 Å². The van der Waals surface area contributed by atoms with E-state index < -0.39 is 11.6 Å². The number of anilines is 1. The van der Waals surface area contributed by atoms with Gasteiger partial charge in [-0.25, -0.2) is 18.7 Å². The topological polar surface area (TPSA) is 75.0 Å². The average molecular weight is 412 g/mol. The van der Waals surface area contributed by atoms with Crippen molar-refractivity contribution in [1.82, 2.24) is 15.0 Å². The van der Waals surface area contributed by atoms with Gasteiger partial charge in [-0.1, -0.05) is 6.07 Å². The fourth-order valence-electron chi connectivity index (χ4n) is 3.51. The zero-order valence-corrected chi connectivity index (χ0v) is 16.0. The second-order valence-corrected chi connectivity index (χ2v) is 7.82. The summed E-state index contributed by atoms with van der Waals surface area (Å²) in [5.41, 5.74) is 1.12. The summed E-state index contributed by atoms with van der Waals surface area (Å²) in [6, 6.07) is 5.19. The van der Waals surface area contributed by atoms with E-state index in [0.717, 1.165) is 4.88 Å². The van der Waals surface area contributed by atoms with E-state index in [1.165, 1.54) is 48.1 Å². The summed E-state index contributed by atoms with van der Waals surface area (Å²) in [7, 11) is 0. The number of hydrogen-bond acceptors (Lipinski definition) is 5. The van der Waals surface area contributed by atoms with Crippen LogP contribution in [0.5, 0.6) is 0 Å². The molecule has 1 aromatic carbocycles. The van der Waals surface area contributed by atoms with Gasteiger partial charge in [0.2, 0.25) is 0 Å². The number of benzene rings is 1. The van der Waals surface area contributed by atoms with E-state index in [9.17, 15) is 13.6 Å². The summed E-state index contributed by atoms with van der Waals surface area (Å²) >= 11 is 1.39. The molecule has 0 radical (unpaired) electrons. The third kappa shape index (κ3) is 2.85. The smallest absolute Gasteiger partial charge is 0.261 e. The van der Waals surface area contributed by atoms with Gasteiger partial charge in [0.15, 0.2) is 5.01 Å². The van der Waals surface area contributed by atoms with Crippen LogP contribution in [0.1, 0.15) is 20.9 Å². The Morgan fingerprint density at radius 1 is 1.28 bits per heavy atom. The second-order valence-electron chi connectivity index (χ2n) is 6.61. The lowest BCUT2D eigenvalue weighted by Gasteiger charge is -2.25. The van der Waals surface area contributed by atoms with Crippen LogP contribution in [-0.4, -0.2) is 27.4 Å². The summed E-state index contributed by atoms with van der Waals surface area (Å²) in [6.07, 6.45) is 3.52. The Kier molecular flexibility index (Phi) is 4.06. The zero-order chi connectivity index (χ0) is 20.1. The highest BCUT2D eigenvalue weighted by atomic mass is 32.1. The molecule has 1 aliphatic heterocycles. The largest absolute Gasteiger partial charge is 0.443 e. The molecule has 0 aliphatic carbocycles. The molecule has 3 aromatic heterocycles. The SMILES string of the molecule is Cc1sc(-c2ncco2)nc1N1CCc2[nH]c(-c3c(F)cccc3F)cc2C1=O. The number of fused-ring (bicyclic) bond motifs is 1. The number of halogens is 2. The van der Waals surface area contributed by atoms with E-state index in [0.29, 0.717) is 40.9 Å². The third-order valence-electron chi connectivity index (χ3n) is 4.84. The summed E-state index contributed by atoms with van der Waals surface area (Å²) in [5, 5.41) is 0.587. The lowest BCUT2D eigenvalue weighted by atomic mass is 10.1. The molecular weight excluding hydrogens is 398 g/mol. The highest BCUT2D eigenvalue weighted by Gasteiger charge is 2.31. The monoisotopic (exact) mass is 412 g/mol. The molecule has 146 valence electrons. The molecule has 0 unspecified atom stereocenters. The summed E-state index contributed by atoms with van der Waals surface area (Å²) in [5.74, 6) is -0.692. The number of H-pyrrole nitrogens is 1. The number of nitrogens with one attached hydrogen (secondary N) is 1. The van der Waals surface area contributed by atoms with E-state index in [1.54, 1.807) is 4.90 Å². The van der Waals surface area contributed by atoms with E-state index in [-0.39, 0.29) is 17.2 Å². The van der Waals surface area contributed by atoms with Crippen LogP contribution in [-0.2, 0) is 6.42 Å². The van der Waals surface area contributed by atoms with Crippen molar-refractivity contribution < 1.29 is 18.0 Å². The molecule has 0 bridgehead atoms. The van der Waals surface area contributed by atoms with Gasteiger partial charge in [-0.15, -0.1) is 11.3 Å². The number of oxazole rings is 1. The first-order valence-corrected chi connectivity index (χ1v) is 9.70.